The minimum absolute atomic E-state index is 0.0862. The fourth-order valence-corrected chi connectivity index (χ4v) is 2.67. The van der Waals surface area contributed by atoms with Crippen LogP contribution in [0.4, 0.5) is 11.4 Å². The number of phenolic OH excluding ortho intramolecular Hbond substituents is 1. The van der Waals surface area contributed by atoms with Crippen molar-refractivity contribution in [1.82, 2.24) is 4.90 Å². The summed E-state index contributed by atoms with van der Waals surface area (Å²) >= 11 is 0. The molecule has 2 N–H and O–H groups in total. The van der Waals surface area contributed by atoms with Crippen LogP contribution in [0.25, 0.3) is 0 Å². The molecule has 126 valence electrons. The van der Waals surface area contributed by atoms with Crippen molar-refractivity contribution in [3.05, 3.63) is 52.0 Å². The molecule has 0 saturated carbocycles. The van der Waals surface area contributed by atoms with Gasteiger partial charge in [0.25, 0.3) is 11.6 Å². The van der Waals surface area contributed by atoms with Gasteiger partial charge in [-0.2, -0.15) is 0 Å². The molecule has 8 heteroatoms. The van der Waals surface area contributed by atoms with E-state index in [0.717, 1.165) is 19.2 Å². The maximum atomic E-state index is 12.2. The molecule has 0 spiro atoms. The first-order valence-corrected chi connectivity index (χ1v) is 7.63. The molecule has 24 heavy (non-hydrogen) atoms. The van der Waals surface area contributed by atoms with Gasteiger partial charge in [0.1, 0.15) is 11.5 Å². The van der Waals surface area contributed by atoms with E-state index < -0.39 is 10.8 Å². The van der Waals surface area contributed by atoms with Gasteiger partial charge in [-0.25, -0.2) is 0 Å². The van der Waals surface area contributed by atoms with Gasteiger partial charge >= 0.3 is 0 Å². The quantitative estimate of drug-likeness (QED) is 0.495. The van der Waals surface area contributed by atoms with Crippen LogP contribution in [-0.4, -0.2) is 33.9 Å². The smallest absolute Gasteiger partial charge is 0.291 e. The fourth-order valence-electron chi connectivity index (χ4n) is 2.67. The molecule has 0 atom stereocenters. The van der Waals surface area contributed by atoms with Crippen molar-refractivity contribution in [2.45, 2.75) is 19.4 Å². The van der Waals surface area contributed by atoms with Crippen LogP contribution in [0, 0.1) is 10.1 Å². The number of hydrogen-bond acceptors (Lipinski definition) is 6. The number of nitro benzene ring substituents is 1. The van der Waals surface area contributed by atoms with E-state index in [9.17, 15) is 20.0 Å². The number of hydrogen-bond donors (Lipinski definition) is 2. The van der Waals surface area contributed by atoms with Crippen molar-refractivity contribution in [3.63, 3.8) is 0 Å². The number of carbonyl (C=O) groups is 1. The number of anilines is 1. The van der Waals surface area contributed by atoms with Crippen molar-refractivity contribution >= 4 is 17.3 Å². The van der Waals surface area contributed by atoms with Gasteiger partial charge in [0.2, 0.25) is 0 Å². The lowest BCUT2D eigenvalue weighted by Crippen LogP contribution is -2.18. The summed E-state index contributed by atoms with van der Waals surface area (Å²) in [5, 5.41) is 22.9. The molecule has 2 aromatic rings. The number of nitrogens with one attached hydrogen (secondary N) is 1. The van der Waals surface area contributed by atoms with Crippen LogP contribution in [-0.2, 0) is 6.54 Å². The minimum Gasteiger partial charge on any atom is -0.506 e. The predicted octanol–water partition coefficient (Wildman–Crippen LogP) is 2.74. The van der Waals surface area contributed by atoms with Crippen LogP contribution in [0.1, 0.15) is 29.2 Å². The average molecular weight is 331 g/mol. The lowest BCUT2D eigenvalue weighted by Gasteiger charge is -2.11. The molecule has 1 aromatic heterocycles. The molecule has 1 fully saturated rings. The Labute approximate surface area is 137 Å². The van der Waals surface area contributed by atoms with Crippen LogP contribution in [0.3, 0.4) is 0 Å². The summed E-state index contributed by atoms with van der Waals surface area (Å²) in [6.07, 6.45) is 2.35. The first kappa shape index (κ1) is 16.0. The zero-order chi connectivity index (χ0) is 17.1. The minimum atomic E-state index is -0.623. The number of non-ortho nitro benzene ring substituents is 1. The molecule has 3 rings (SSSR count). The Morgan fingerprint density at radius 3 is 2.71 bits per heavy atom. The summed E-state index contributed by atoms with van der Waals surface area (Å²) in [4.78, 5) is 24.4. The summed E-state index contributed by atoms with van der Waals surface area (Å²) in [5.41, 5.74) is -0.167. The Balaban J connectivity index is 1.66. The zero-order valence-electron chi connectivity index (χ0n) is 12.9. The molecule has 0 unspecified atom stereocenters. The van der Waals surface area contributed by atoms with E-state index in [1.54, 1.807) is 12.1 Å². The number of likely N-dealkylation sites (tertiary alicyclic amines) is 1. The lowest BCUT2D eigenvalue weighted by atomic mass is 10.2. The number of carbonyl (C=O) groups excluding carboxylic acids is 1. The van der Waals surface area contributed by atoms with E-state index in [1.165, 1.54) is 25.0 Å². The van der Waals surface area contributed by atoms with E-state index >= 15 is 0 Å². The molecule has 0 bridgehead atoms. The summed E-state index contributed by atoms with van der Waals surface area (Å²) < 4.78 is 5.54. The topological polar surface area (TPSA) is 109 Å². The number of benzene rings is 1. The van der Waals surface area contributed by atoms with Gasteiger partial charge in [0.05, 0.1) is 23.2 Å². The number of phenols is 1. The second kappa shape index (κ2) is 6.71. The number of amides is 1. The molecule has 8 nitrogen and oxygen atoms in total. The van der Waals surface area contributed by atoms with Crippen molar-refractivity contribution in [1.29, 1.82) is 0 Å². The summed E-state index contributed by atoms with van der Waals surface area (Å²) in [6.45, 7) is 2.72. The van der Waals surface area contributed by atoms with E-state index in [4.69, 9.17) is 4.42 Å². The van der Waals surface area contributed by atoms with Crippen LogP contribution in [0.5, 0.6) is 5.75 Å². The molecule has 1 amide bonds. The fraction of sp³-hybridized carbons (Fsp3) is 0.312. The molecule has 1 aliphatic heterocycles. The number of rotatable bonds is 5. The van der Waals surface area contributed by atoms with Crippen molar-refractivity contribution < 1.29 is 19.2 Å². The van der Waals surface area contributed by atoms with Gasteiger partial charge in [-0.1, -0.05) is 0 Å². The van der Waals surface area contributed by atoms with Gasteiger partial charge in [-0.3, -0.25) is 19.8 Å². The van der Waals surface area contributed by atoms with Gasteiger partial charge in [-0.05, 0) is 44.1 Å². The molecule has 0 radical (unpaired) electrons. The maximum absolute atomic E-state index is 12.2. The monoisotopic (exact) mass is 331 g/mol. The molecular formula is C16H17N3O5. The largest absolute Gasteiger partial charge is 0.506 e. The van der Waals surface area contributed by atoms with Crippen LogP contribution < -0.4 is 5.32 Å². The SMILES string of the molecule is O=C(Nc1ccc([N+](=O)[O-])cc1O)c1ccc(CN2CCCC2)o1. The zero-order valence-corrected chi connectivity index (χ0v) is 12.9. The van der Waals surface area contributed by atoms with E-state index in [0.29, 0.717) is 12.3 Å². The Kier molecular flexibility index (Phi) is 4.48. The van der Waals surface area contributed by atoms with Crippen molar-refractivity contribution in [2.24, 2.45) is 0 Å². The number of furan rings is 1. The third-order valence-corrected chi connectivity index (χ3v) is 3.90. The van der Waals surface area contributed by atoms with Crippen LogP contribution in [0.2, 0.25) is 0 Å². The second-order valence-electron chi connectivity index (χ2n) is 5.66. The Morgan fingerprint density at radius 2 is 2.04 bits per heavy atom. The Morgan fingerprint density at radius 1 is 1.29 bits per heavy atom. The standard InChI is InChI=1S/C16H17N3O5/c20-14-9-11(19(22)23)3-5-13(14)17-16(21)15-6-4-12(24-15)10-18-7-1-2-8-18/h3-6,9,20H,1-2,7-8,10H2,(H,17,21). The summed E-state index contributed by atoms with van der Waals surface area (Å²) in [5.74, 6) is -0.0647. The number of aromatic hydroxyl groups is 1. The van der Waals surface area contributed by atoms with Gasteiger partial charge in [0, 0.05) is 6.07 Å². The van der Waals surface area contributed by atoms with E-state index in [-0.39, 0.29) is 22.9 Å². The van der Waals surface area contributed by atoms with Crippen LogP contribution >= 0.6 is 0 Å². The average Bonchev–Trinajstić information content (AvgIpc) is 3.21. The van der Waals surface area contributed by atoms with Gasteiger partial charge < -0.3 is 14.8 Å². The van der Waals surface area contributed by atoms with Crippen LogP contribution in [0.15, 0.2) is 34.7 Å². The lowest BCUT2D eigenvalue weighted by molar-refractivity contribution is -0.384. The third kappa shape index (κ3) is 3.54. The Hall–Kier alpha value is -2.87. The second-order valence-corrected chi connectivity index (χ2v) is 5.66. The highest BCUT2D eigenvalue weighted by atomic mass is 16.6. The first-order valence-electron chi connectivity index (χ1n) is 7.63. The number of nitrogens with zero attached hydrogens (tertiary/aromatic N) is 2. The van der Waals surface area contributed by atoms with Crippen molar-refractivity contribution in [3.8, 4) is 5.75 Å². The highest BCUT2D eigenvalue weighted by molar-refractivity contribution is 6.03. The third-order valence-electron chi connectivity index (χ3n) is 3.90. The first-order chi connectivity index (χ1) is 11.5. The van der Waals surface area contributed by atoms with Crippen molar-refractivity contribution in [2.75, 3.05) is 18.4 Å². The normalized spacial score (nSPS) is 14.7. The maximum Gasteiger partial charge on any atom is 0.291 e. The summed E-state index contributed by atoms with van der Waals surface area (Å²) in [7, 11) is 0. The highest BCUT2D eigenvalue weighted by Crippen LogP contribution is 2.28. The van der Waals surface area contributed by atoms with Gasteiger partial charge in [-0.15, -0.1) is 0 Å². The van der Waals surface area contributed by atoms with Gasteiger partial charge in [0.15, 0.2) is 5.76 Å². The highest BCUT2D eigenvalue weighted by Gasteiger charge is 2.18. The Bertz CT molecular complexity index is 765. The molecule has 1 saturated heterocycles. The number of nitro groups is 1. The molecule has 2 heterocycles. The molecule has 0 aliphatic carbocycles. The summed E-state index contributed by atoms with van der Waals surface area (Å²) in [6, 6.07) is 6.79. The molecule has 1 aromatic carbocycles. The molecular weight excluding hydrogens is 314 g/mol. The predicted molar refractivity (Wildman–Crippen MR) is 85.9 cm³/mol. The van der Waals surface area contributed by atoms with E-state index in [2.05, 4.69) is 10.2 Å². The van der Waals surface area contributed by atoms with E-state index in [1.807, 2.05) is 0 Å². The molecule has 1 aliphatic rings.